The van der Waals surface area contributed by atoms with E-state index in [1.807, 2.05) is 17.3 Å². The highest BCUT2D eigenvalue weighted by Gasteiger charge is 2.19. The Bertz CT molecular complexity index is 1320. The largest absolute Gasteiger partial charge is 0.205 e. The summed E-state index contributed by atoms with van der Waals surface area (Å²) < 4.78 is 57.5. The van der Waals surface area contributed by atoms with Gasteiger partial charge in [-0.15, -0.1) is 0 Å². The molecule has 1 aliphatic rings. The second kappa shape index (κ2) is 10.3. The first-order chi connectivity index (χ1) is 16.4. The monoisotopic (exact) mass is 479 g/mol. The molecular formula is C28H21F4NS. The molecule has 1 atom stereocenters. The van der Waals surface area contributed by atoms with Crippen LogP contribution in [-0.2, 0) is 12.8 Å². The van der Waals surface area contributed by atoms with Crippen molar-refractivity contribution in [2.24, 2.45) is 10.9 Å². The van der Waals surface area contributed by atoms with Crippen molar-refractivity contribution in [3.8, 4) is 23.0 Å². The van der Waals surface area contributed by atoms with Crippen LogP contribution in [-0.4, -0.2) is 5.16 Å². The topological polar surface area (TPSA) is 12.4 Å². The number of hydrogen-bond donors (Lipinski definition) is 0. The highest BCUT2D eigenvalue weighted by molar-refractivity contribution is 7.78. The molecule has 0 aliphatic heterocycles. The van der Waals surface area contributed by atoms with E-state index < -0.39 is 34.5 Å². The van der Waals surface area contributed by atoms with Gasteiger partial charge in [-0.2, -0.15) is 4.99 Å². The molecule has 0 N–H and O–H groups in total. The Balaban J connectivity index is 1.62. The molecule has 0 heterocycles. The molecule has 4 rings (SSSR count). The fourth-order valence-electron chi connectivity index (χ4n) is 4.45. The molecule has 6 heteroatoms. The van der Waals surface area contributed by atoms with Crippen LogP contribution in [0.1, 0.15) is 48.4 Å². The summed E-state index contributed by atoms with van der Waals surface area (Å²) in [6.45, 7) is 2.19. The Hall–Kier alpha value is -3.26. The van der Waals surface area contributed by atoms with E-state index in [1.165, 1.54) is 36.1 Å². The van der Waals surface area contributed by atoms with Crippen LogP contribution in [0.5, 0.6) is 0 Å². The summed E-state index contributed by atoms with van der Waals surface area (Å²) in [4.78, 5) is 3.32. The molecule has 34 heavy (non-hydrogen) atoms. The molecule has 0 saturated carbocycles. The first-order valence-electron chi connectivity index (χ1n) is 11.1. The van der Waals surface area contributed by atoms with Crippen LogP contribution < -0.4 is 0 Å². The summed E-state index contributed by atoms with van der Waals surface area (Å²) in [5, 5.41) is 1.89. The SMILES string of the molecule is CCCC1CCc2cc(-c3cc(F)c(C#Cc4cc(F)c(N=C=S)c(F)c4)c(F)c3)ccc2C1. The quantitative estimate of drug-likeness (QED) is 0.160. The lowest BCUT2D eigenvalue weighted by molar-refractivity contribution is 0.423. The highest BCUT2D eigenvalue weighted by Crippen LogP contribution is 2.32. The molecule has 1 unspecified atom stereocenters. The minimum absolute atomic E-state index is 0.0859. The summed E-state index contributed by atoms with van der Waals surface area (Å²) in [6.07, 6.45) is 5.51. The fourth-order valence-corrected chi connectivity index (χ4v) is 4.54. The van der Waals surface area contributed by atoms with Crippen LogP contribution in [0.25, 0.3) is 11.1 Å². The van der Waals surface area contributed by atoms with Crippen molar-refractivity contribution >= 4 is 23.1 Å². The zero-order chi connectivity index (χ0) is 24.2. The van der Waals surface area contributed by atoms with Crippen molar-refractivity contribution < 1.29 is 17.6 Å². The molecule has 0 fully saturated rings. The van der Waals surface area contributed by atoms with Gasteiger partial charge in [-0.05, 0) is 83.9 Å². The van der Waals surface area contributed by atoms with Gasteiger partial charge in [-0.3, -0.25) is 0 Å². The molecule has 3 aromatic carbocycles. The molecule has 1 nitrogen and oxygen atoms in total. The fraction of sp³-hybridized carbons (Fsp3) is 0.250. The first-order valence-corrected chi connectivity index (χ1v) is 11.5. The Morgan fingerprint density at radius 2 is 1.59 bits per heavy atom. The standard InChI is InChI=1S/C28H21F4NS/c1-2-3-17-4-6-20-13-21(8-7-19(20)10-17)22-14-24(29)23(25(30)15-22)9-5-18-11-26(31)28(33-16-34)27(32)12-18/h7-8,11-15,17H,2-4,6,10H2,1H3. The number of nitrogens with zero attached hydrogens (tertiary/aromatic N) is 1. The van der Waals surface area contributed by atoms with Crippen molar-refractivity contribution in [2.75, 3.05) is 0 Å². The number of isothiocyanates is 1. The normalized spacial score (nSPS) is 14.6. The van der Waals surface area contributed by atoms with Crippen molar-refractivity contribution in [2.45, 2.75) is 39.0 Å². The Morgan fingerprint density at radius 1 is 0.882 bits per heavy atom. The second-order valence-corrected chi connectivity index (χ2v) is 8.62. The van der Waals surface area contributed by atoms with Gasteiger partial charge >= 0.3 is 0 Å². The molecular weight excluding hydrogens is 458 g/mol. The summed E-state index contributed by atoms with van der Waals surface area (Å²) in [5.74, 6) is 1.78. The van der Waals surface area contributed by atoms with Gasteiger partial charge in [0.15, 0.2) is 11.6 Å². The minimum atomic E-state index is -0.994. The number of rotatable bonds is 4. The van der Waals surface area contributed by atoms with Gasteiger partial charge in [-0.25, -0.2) is 17.6 Å². The average Bonchev–Trinajstić information content (AvgIpc) is 2.80. The number of halogens is 4. The van der Waals surface area contributed by atoms with E-state index >= 15 is 0 Å². The van der Waals surface area contributed by atoms with Crippen molar-refractivity contribution in [3.63, 3.8) is 0 Å². The lowest BCUT2D eigenvalue weighted by Crippen LogP contribution is -2.14. The molecule has 3 aromatic rings. The molecule has 0 spiro atoms. The average molecular weight is 480 g/mol. The maximum absolute atomic E-state index is 14.8. The van der Waals surface area contributed by atoms with Crippen LogP contribution in [0, 0.1) is 41.0 Å². The number of thiocarbonyl (C=S) groups is 1. The molecule has 0 radical (unpaired) electrons. The third kappa shape index (κ3) is 5.12. The van der Waals surface area contributed by atoms with Gasteiger partial charge in [0.25, 0.3) is 0 Å². The predicted octanol–water partition coefficient (Wildman–Crippen LogP) is 7.95. The van der Waals surface area contributed by atoms with E-state index in [0.717, 1.165) is 37.0 Å². The molecule has 172 valence electrons. The third-order valence-electron chi connectivity index (χ3n) is 6.12. The molecule has 0 amide bonds. The molecule has 1 aliphatic carbocycles. The molecule has 0 aromatic heterocycles. The van der Waals surface area contributed by atoms with E-state index in [9.17, 15) is 17.6 Å². The predicted molar refractivity (Wildman–Crippen MR) is 129 cm³/mol. The third-order valence-corrected chi connectivity index (χ3v) is 6.21. The maximum Gasteiger partial charge on any atom is 0.153 e. The lowest BCUT2D eigenvalue weighted by Gasteiger charge is -2.25. The summed E-state index contributed by atoms with van der Waals surface area (Å²) in [6, 6.07) is 10.3. The Kier molecular flexibility index (Phi) is 7.26. The van der Waals surface area contributed by atoms with Crippen LogP contribution in [0.15, 0.2) is 47.5 Å². The van der Waals surface area contributed by atoms with E-state index in [1.54, 1.807) is 0 Å². The van der Waals surface area contributed by atoms with Gasteiger partial charge in [-0.1, -0.05) is 49.8 Å². The molecule has 0 bridgehead atoms. The number of aliphatic imine (C=N–C) groups is 1. The first kappa shape index (κ1) is 23.9. The van der Waals surface area contributed by atoms with Crippen LogP contribution in [0.2, 0.25) is 0 Å². The highest BCUT2D eigenvalue weighted by atomic mass is 32.1. The number of fused-ring (bicyclic) bond motifs is 1. The maximum atomic E-state index is 14.8. The lowest BCUT2D eigenvalue weighted by atomic mass is 9.81. The van der Waals surface area contributed by atoms with E-state index in [0.29, 0.717) is 11.5 Å². The number of aryl methyl sites for hydroxylation is 1. The Labute approximate surface area is 201 Å². The number of benzene rings is 3. The van der Waals surface area contributed by atoms with Gasteiger partial charge < -0.3 is 0 Å². The van der Waals surface area contributed by atoms with E-state index in [4.69, 9.17) is 0 Å². The second-order valence-electron chi connectivity index (χ2n) is 8.44. The summed E-state index contributed by atoms with van der Waals surface area (Å²) in [7, 11) is 0. The van der Waals surface area contributed by atoms with Gasteiger partial charge in [0.2, 0.25) is 0 Å². The van der Waals surface area contributed by atoms with Crippen molar-refractivity contribution in [3.05, 3.63) is 88.0 Å². The summed E-state index contributed by atoms with van der Waals surface area (Å²) in [5.41, 5.74) is 2.54. The van der Waals surface area contributed by atoms with Gasteiger partial charge in [0, 0.05) is 5.56 Å². The minimum Gasteiger partial charge on any atom is -0.205 e. The smallest absolute Gasteiger partial charge is 0.153 e. The molecule has 0 saturated heterocycles. The van der Waals surface area contributed by atoms with E-state index in [2.05, 4.69) is 42.0 Å². The van der Waals surface area contributed by atoms with Crippen molar-refractivity contribution in [1.82, 2.24) is 0 Å². The number of hydrogen-bond acceptors (Lipinski definition) is 2. The zero-order valence-electron chi connectivity index (χ0n) is 18.5. The van der Waals surface area contributed by atoms with Crippen LogP contribution in [0.4, 0.5) is 23.2 Å². The van der Waals surface area contributed by atoms with E-state index in [-0.39, 0.29) is 5.56 Å². The van der Waals surface area contributed by atoms with Gasteiger partial charge in [0.05, 0.1) is 10.7 Å². The Morgan fingerprint density at radius 3 is 2.24 bits per heavy atom. The van der Waals surface area contributed by atoms with Crippen molar-refractivity contribution in [1.29, 1.82) is 0 Å². The van der Waals surface area contributed by atoms with Crippen LogP contribution >= 0.6 is 12.2 Å². The zero-order valence-corrected chi connectivity index (χ0v) is 19.3. The summed E-state index contributed by atoms with van der Waals surface area (Å²) >= 11 is 4.36. The van der Waals surface area contributed by atoms with Gasteiger partial charge in [0.1, 0.15) is 17.3 Å². The van der Waals surface area contributed by atoms with Crippen LogP contribution in [0.3, 0.4) is 0 Å².